The van der Waals surface area contributed by atoms with E-state index in [1.165, 1.54) is 0 Å². The standard InChI is InChI=1S/Au.Co.Cu.Ni.Pd.Pt. The zero-order valence-corrected chi connectivity index (χ0v) is 10.8. The van der Waals surface area contributed by atoms with Crippen LogP contribution in [0.4, 0.5) is 0 Å². The van der Waals surface area contributed by atoms with Gasteiger partial charge in [-0.3, -0.25) is 0 Å². The molecule has 0 aromatic rings. The topological polar surface area (TPSA) is 0 Å². The fourth-order valence-corrected chi connectivity index (χ4v) is 0. The Labute approximate surface area is 112 Å². The molecule has 3 radical (unpaired) electrons. The Hall–Kier alpha value is 3.61. The van der Waals surface area contributed by atoms with Crippen LogP contribution in [0.1, 0.15) is 0 Å². The Morgan fingerprint density at radius 1 is 1.00 bits per heavy atom. The van der Waals surface area contributed by atoms with Gasteiger partial charge in [0, 0.05) is 114 Å². The van der Waals surface area contributed by atoms with Gasteiger partial charge in [0.15, 0.2) is 0 Å². The molecule has 6 heteroatoms. The van der Waals surface area contributed by atoms with Crippen LogP contribution in [0.15, 0.2) is 0 Å². The van der Waals surface area contributed by atoms with Gasteiger partial charge in [0.25, 0.3) is 0 Å². The summed E-state index contributed by atoms with van der Waals surface area (Å²) < 4.78 is 0. The maximum absolute atomic E-state index is 0. The second kappa shape index (κ2) is 38.3. The van der Waals surface area contributed by atoms with Crippen molar-refractivity contribution < 1.29 is 114 Å². The van der Waals surface area contributed by atoms with Gasteiger partial charge in [-0.25, -0.2) is 0 Å². The van der Waals surface area contributed by atoms with Gasteiger partial charge >= 0.3 is 0 Å². The van der Waals surface area contributed by atoms with Gasteiger partial charge in [-0.1, -0.05) is 0 Å². The average molecular weight is 680 g/mol. The van der Waals surface area contributed by atoms with Crippen molar-refractivity contribution in [2.45, 2.75) is 0 Å². The molecular weight excluding hydrogens is 680 g/mol. The normalized spacial score (nSPS) is 0. The first-order chi connectivity index (χ1) is 0. The Morgan fingerprint density at radius 2 is 1.00 bits per heavy atom. The van der Waals surface area contributed by atoms with Gasteiger partial charge in [0.2, 0.25) is 0 Å². The van der Waals surface area contributed by atoms with Crippen LogP contribution in [0.25, 0.3) is 0 Å². The molecule has 0 aromatic carbocycles. The minimum atomic E-state index is 0. The molecule has 0 spiro atoms. The molecule has 0 amide bonds. The molecule has 0 N–H and O–H groups in total. The largest absolute Gasteiger partial charge is 0 e. The van der Waals surface area contributed by atoms with Crippen molar-refractivity contribution in [3.63, 3.8) is 0 Å². The first kappa shape index (κ1) is 54.7. The van der Waals surface area contributed by atoms with Crippen LogP contribution < -0.4 is 0 Å². The monoisotopic (exact) mass is 678 g/mol. The van der Waals surface area contributed by atoms with Gasteiger partial charge in [-0.2, -0.15) is 0 Å². The first-order valence-electron chi connectivity index (χ1n) is 0. The average Bonchev–Trinajstić information content (AvgIpc) is 0. The predicted octanol–water partition coefficient (Wildman–Crippen LogP) is -0.0150. The summed E-state index contributed by atoms with van der Waals surface area (Å²) in [6.45, 7) is 0. The van der Waals surface area contributed by atoms with Crippen LogP contribution in [-0.4, -0.2) is 0 Å². The van der Waals surface area contributed by atoms with E-state index >= 15 is 0 Å². The van der Waals surface area contributed by atoms with E-state index in [1.54, 1.807) is 0 Å². The number of hydrogen-bond donors (Lipinski definition) is 0. The summed E-state index contributed by atoms with van der Waals surface area (Å²) >= 11 is 0. The van der Waals surface area contributed by atoms with Crippen LogP contribution in [-0.2, 0) is 114 Å². The van der Waals surface area contributed by atoms with Crippen LogP contribution in [0.5, 0.6) is 0 Å². The van der Waals surface area contributed by atoms with Gasteiger partial charge in [0.1, 0.15) is 0 Å². The summed E-state index contributed by atoms with van der Waals surface area (Å²) in [5.41, 5.74) is 0. The van der Waals surface area contributed by atoms with Crippen molar-refractivity contribution in [1.29, 1.82) is 0 Å². The van der Waals surface area contributed by atoms with Crippen molar-refractivity contribution >= 4 is 0 Å². The first-order valence-corrected chi connectivity index (χ1v) is 0. The third kappa shape index (κ3) is 25.5. The molecule has 6 heavy (non-hydrogen) atoms. The zero-order chi connectivity index (χ0) is 0. The smallest absolute Gasteiger partial charge is 0 e. The van der Waals surface area contributed by atoms with Crippen molar-refractivity contribution in [1.82, 2.24) is 0 Å². The molecule has 0 aliphatic carbocycles. The molecule has 0 aliphatic rings. The summed E-state index contributed by atoms with van der Waals surface area (Å²) in [6, 6.07) is 0. The van der Waals surface area contributed by atoms with Crippen molar-refractivity contribution in [2.24, 2.45) is 0 Å². The van der Waals surface area contributed by atoms with Crippen molar-refractivity contribution in [3.05, 3.63) is 0 Å². The molecule has 0 aliphatic heterocycles. The summed E-state index contributed by atoms with van der Waals surface area (Å²) in [5.74, 6) is 0. The summed E-state index contributed by atoms with van der Waals surface area (Å²) in [5, 5.41) is 0. The fraction of sp³-hybridized carbons (Fsp3) is 0. The Balaban J connectivity index is 0. The van der Waals surface area contributed by atoms with Gasteiger partial charge in [-0.05, 0) is 0 Å². The molecule has 0 unspecified atom stereocenters. The molecule has 0 rings (SSSR count). The summed E-state index contributed by atoms with van der Waals surface area (Å²) in [6.07, 6.45) is 0. The van der Waals surface area contributed by atoms with Crippen LogP contribution in [0.2, 0.25) is 0 Å². The molecule has 0 nitrogen and oxygen atoms in total. The third-order valence-corrected chi connectivity index (χ3v) is 0. The van der Waals surface area contributed by atoms with E-state index in [0.29, 0.717) is 0 Å². The van der Waals surface area contributed by atoms with E-state index in [0.717, 1.165) is 0 Å². The van der Waals surface area contributed by atoms with Crippen LogP contribution in [0, 0.1) is 0 Å². The quantitative estimate of drug-likeness (QED) is 0.317. The van der Waals surface area contributed by atoms with Crippen molar-refractivity contribution in [3.8, 4) is 0 Å². The Morgan fingerprint density at radius 3 is 1.00 bits per heavy atom. The molecule has 0 atom stereocenters. The molecule has 0 saturated carbocycles. The third-order valence-electron chi connectivity index (χ3n) is 0. The zero-order valence-electron chi connectivity index (χ0n) is 1.89. The summed E-state index contributed by atoms with van der Waals surface area (Å²) in [4.78, 5) is 0. The fourth-order valence-electron chi connectivity index (χ4n) is 0. The van der Waals surface area contributed by atoms with E-state index < -0.39 is 0 Å². The minimum absolute atomic E-state index is 0. The van der Waals surface area contributed by atoms with Gasteiger partial charge < -0.3 is 0 Å². The van der Waals surface area contributed by atoms with E-state index in [2.05, 4.69) is 0 Å². The Bertz CT molecular complexity index is 15.5. The second-order valence-electron chi connectivity index (χ2n) is 0. The van der Waals surface area contributed by atoms with E-state index in [4.69, 9.17) is 0 Å². The molecule has 0 aromatic heterocycles. The van der Waals surface area contributed by atoms with Crippen molar-refractivity contribution in [2.75, 3.05) is 0 Å². The molecule has 0 saturated heterocycles. The van der Waals surface area contributed by atoms with E-state index in [9.17, 15) is 0 Å². The molecular formula is AuCoCuNiPdPt. The maximum atomic E-state index is 0. The van der Waals surface area contributed by atoms with E-state index in [1.807, 2.05) is 0 Å². The molecule has 0 heterocycles. The summed E-state index contributed by atoms with van der Waals surface area (Å²) in [7, 11) is 0. The molecule has 0 bridgehead atoms. The predicted molar refractivity (Wildman–Crippen MR) is 0 cm³/mol. The van der Waals surface area contributed by atoms with E-state index in [-0.39, 0.29) is 114 Å². The molecule has 61 valence electrons. The Kier molecular flexibility index (Phi) is 349. The van der Waals surface area contributed by atoms with Gasteiger partial charge in [-0.15, -0.1) is 0 Å². The molecule has 0 fully saturated rings. The van der Waals surface area contributed by atoms with Gasteiger partial charge in [0.05, 0.1) is 0 Å². The number of hydrogen-bond acceptors (Lipinski definition) is 0. The maximum Gasteiger partial charge on any atom is 0 e. The van der Waals surface area contributed by atoms with Crippen LogP contribution >= 0.6 is 0 Å². The minimum Gasteiger partial charge on any atom is 0 e. The SMILES string of the molecule is [Au].[Co].[Cu].[Ni].[Pd].[Pt]. The number of rotatable bonds is 0. The second-order valence-corrected chi connectivity index (χ2v) is 0. The van der Waals surface area contributed by atoms with Crippen LogP contribution in [0.3, 0.4) is 0 Å².